The van der Waals surface area contributed by atoms with Gasteiger partial charge in [-0.05, 0) is 0 Å². The van der Waals surface area contributed by atoms with Crippen molar-refractivity contribution >= 4 is 22.8 Å². The molecule has 0 bridgehead atoms. The van der Waals surface area contributed by atoms with Crippen LogP contribution in [0.1, 0.15) is 0 Å². The molecule has 3 aromatic heterocycles. The number of pyridine rings is 1. The zero-order chi connectivity index (χ0) is 22.8. The molecule has 1 aromatic carbocycles. The molecule has 0 aliphatic rings. The highest BCUT2D eigenvalue weighted by molar-refractivity contribution is 6.04. The van der Waals surface area contributed by atoms with Crippen LogP contribution in [-0.4, -0.2) is 56.7 Å². The van der Waals surface area contributed by atoms with Gasteiger partial charge in [0.2, 0.25) is 0 Å². The van der Waals surface area contributed by atoms with E-state index in [1.54, 1.807) is 29.7 Å². The average molecular weight is 429 g/mol. The predicted octanol–water partition coefficient (Wildman–Crippen LogP) is 3.11. The van der Waals surface area contributed by atoms with Gasteiger partial charge >= 0.3 is 0 Å². The van der Waals surface area contributed by atoms with Gasteiger partial charge in [0, 0.05) is 44.5 Å². The predicted molar refractivity (Wildman–Crippen MR) is 123 cm³/mol. The van der Waals surface area contributed by atoms with Gasteiger partial charge in [0.1, 0.15) is 23.2 Å². The number of anilines is 1. The van der Waals surface area contributed by atoms with E-state index in [4.69, 9.17) is 4.74 Å². The van der Waals surface area contributed by atoms with Gasteiger partial charge in [-0.25, -0.2) is 15.0 Å². The van der Waals surface area contributed by atoms with Crippen LogP contribution >= 0.6 is 0 Å². The van der Waals surface area contributed by atoms with Crippen LogP contribution in [0.3, 0.4) is 0 Å². The molecular formula is C23H23N7O2. The number of hydrogen-bond acceptors (Lipinski definition) is 7. The molecule has 4 rings (SSSR count). The molecule has 0 saturated carbocycles. The number of nitrogens with one attached hydrogen (secondary N) is 1. The second-order valence-corrected chi connectivity index (χ2v) is 7.36. The van der Waals surface area contributed by atoms with E-state index >= 15 is 0 Å². The van der Waals surface area contributed by atoms with E-state index in [-0.39, 0.29) is 17.4 Å². The maximum absolute atomic E-state index is 12.6. The number of methoxy groups -OCH3 is 1. The molecule has 1 N–H and O–H groups in total. The number of fused-ring (bicyclic) bond motifs is 1. The standard InChI is InChI=1S/C23H23N7O2/c1-14(29(2)3)23(31)27-22-18(32-5)11-17-21(26-22)20(25-13-24-17)16-12-30(4)28-19(16)15-9-7-6-8-10-15/h6-13H,1H2,2-5H3,(H,26,27,31). The van der Waals surface area contributed by atoms with Gasteiger partial charge in [-0.1, -0.05) is 36.9 Å². The zero-order valence-corrected chi connectivity index (χ0v) is 18.3. The molecule has 162 valence electrons. The molecule has 32 heavy (non-hydrogen) atoms. The topological polar surface area (TPSA) is 98.1 Å². The van der Waals surface area contributed by atoms with Gasteiger partial charge in [-0.3, -0.25) is 9.48 Å². The third-order valence-corrected chi connectivity index (χ3v) is 4.96. The smallest absolute Gasteiger partial charge is 0.272 e. The molecule has 0 aliphatic heterocycles. The quantitative estimate of drug-likeness (QED) is 0.470. The summed E-state index contributed by atoms with van der Waals surface area (Å²) < 4.78 is 7.17. The monoisotopic (exact) mass is 429 g/mol. The molecule has 3 heterocycles. The number of aromatic nitrogens is 5. The van der Waals surface area contributed by atoms with E-state index in [2.05, 4.69) is 31.9 Å². The Morgan fingerprint density at radius 1 is 1.16 bits per heavy atom. The van der Waals surface area contributed by atoms with Crippen LogP contribution in [0, 0.1) is 0 Å². The first-order valence-corrected chi connectivity index (χ1v) is 9.85. The summed E-state index contributed by atoms with van der Waals surface area (Å²) in [6.07, 6.45) is 3.37. The molecule has 9 heteroatoms. The molecule has 0 saturated heterocycles. The van der Waals surface area contributed by atoms with Gasteiger partial charge < -0.3 is 15.0 Å². The van der Waals surface area contributed by atoms with Crippen LogP contribution in [0.4, 0.5) is 5.82 Å². The summed E-state index contributed by atoms with van der Waals surface area (Å²) in [5.41, 5.74) is 4.53. The fourth-order valence-corrected chi connectivity index (χ4v) is 3.26. The van der Waals surface area contributed by atoms with Crippen molar-refractivity contribution in [3.8, 4) is 28.3 Å². The van der Waals surface area contributed by atoms with Crippen molar-refractivity contribution in [1.29, 1.82) is 0 Å². The van der Waals surface area contributed by atoms with Crippen molar-refractivity contribution in [1.82, 2.24) is 29.6 Å². The van der Waals surface area contributed by atoms with E-state index in [0.29, 0.717) is 22.5 Å². The van der Waals surface area contributed by atoms with Crippen molar-refractivity contribution < 1.29 is 9.53 Å². The third-order valence-electron chi connectivity index (χ3n) is 4.96. The Labute approximate surface area is 185 Å². The Bertz CT molecular complexity index is 1310. The number of carbonyl (C=O) groups is 1. The molecular weight excluding hydrogens is 406 g/mol. The molecule has 0 atom stereocenters. The molecule has 0 fully saturated rings. The number of amides is 1. The van der Waals surface area contributed by atoms with Gasteiger partial charge in [0.05, 0.1) is 18.3 Å². The first-order valence-electron chi connectivity index (χ1n) is 9.85. The number of benzene rings is 1. The van der Waals surface area contributed by atoms with Crippen molar-refractivity contribution in [2.75, 3.05) is 26.5 Å². The maximum Gasteiger partial charge on any atom is 0.272 e. The second-order valence-electron chi connectivity index (χ2n) is 7.36. The Balaban J connectivity index is 1.88. The third kappa shape index (κ3) is 3.87. The molecule has 1 amide bonds. The fourth-order valence-electron chi connectivity index (χ4n) is 3.26. The summed E-state index contributed by atoms with van der Waals surface area (Å²) in [5, 5.41) is 7.40. The van der Waals surface area contributed by atoms with Crippen molar-refractivity contribution in [3.05, 3.63) is 61.2 Å². The van der Waals surface area contributed by atoms with Gasteiger partial charge in [-0.15, -0.1) is 0 Å². The normalized spacial score (nSPS) is 10.8. The Morgan fingerprint density at radius 2 is 1.91 bits per heavy atom. The SMILES string of the molecule is C=C(C(=O)Nc1nc2c(-c3cn(C)nc3-c3ccccc3)ncnc2cc1OC)N(C)C. The first-order chi connectivity index (χ1) is 15.4. The largest absolute Gasteiger partial charge is 0.493 e. The molecule has 0 spiro atoms. The number of rotatable bonds is 6. The van der Waals surface area contributed by atoms with Crippen LogP contribution in [0.25, 0.3) is 33.5 Å². The van der Waals surface area contributed by atoms with Gasteiger partial charge in [-0.2, -0.15) is 5.10 Å². The van der Waals surface area contributed by atoms with E-state index < -0.39 is 0 Å². The lowest BCUT2D eigenvalue weighted by Gasteiger charge is -2.16. The minimum Gasteiger partial charge on any atom is -0.493 e. The molecule has 4 aromatic rings. The molecule has 0 unspecified atom stereocenters. The van der Waals surface area contributed by atoms with E-state index in [1.165, 1.54) is 13.4 Å². The van der Waals surface area contributed by atoms with Crippen LogP contribution in [0.2, 0.25) is 0 Å². The Morgan fingerprint density at radius 3 is 2.59 bits per heavy atom. The number of hydrogen-bond donors (Lipinski definition) is 1. The van der Waals surface area contributed by atoms with Crippen LogP contribution < -0.4 is 10.1 Å². The lowest BCUT2D eigenvalue weighted by Crippen LogP contribution is -2.24. The van der Waals surface area contributed by atoms with E-state index in [9.17, 15) is 4.79 Å². The number of likely N-dealkylation sites (N-methyl/N-ethyl adjacent to an activating group) is 1. The minimum atomic E-state index is -0.384. The minimum absolute atomic E-state index is 0.259. The summed E-state index contributed by atoms with van der Waals surface area (Å²) in [4.78, 5) is 27.7. The summed E-state index contributed by atoms with van der Waals surface area (Å²) >= 11 is 0. The summed E-state index contributed by atoms with van der Waals surface area (Å²) in [5.74, 6) is 0.260. The number of nitrogens with zero attached hydrogens (tertiary/aromatic N) is 6. The number of carbonyl (C=O) groups excluding carboxylic acids is 1. The summed E-state index contributed by atoms with van der Waals surface area (Å²) in [6.45, 7) is 3.79. The number of ether oxygens (including phenoxy) is 1. The fraction of sp³-hybridized carbons (Fsp3) is 0.174. The maximum atomic E-state index is 12.6. The lowest BCUT2D eigenvalue weighted by atomic mass is 10.0. The molecule has 0 radical (unpaired) electrons. The highest BCUT2D eigenvalue weighted by Crippen LogP contribution is 2.35. The highest BCUT2D eigenvalue weighted by Gasteiger charge is 2.20. The molecule has 9 nitrogen and oxygen atoms in total. The van der Waals surface area contributed by atoms with Crippen LogP contribution in [0.15, 0.2) is 61.2 Å². The highest BCUT2D eigenvalue weighted by atomic mass is 16.5. The average Bonchev–Trinajstić information content (AvgIpc) is 3.19. The Kier molecular flexibility index (Phi) is 5.55. The van der Waals surface area contributed by atoms with Crippen LogP contribution in [-0.2, 0) is 11.8 Å². The second kappa shape index (κ2) is 8.46. The Hall–Kier alpha value is -4.27. The van der Waals surface area contributed by atoms with Crippen molar-refractivity contribution in [3.63, 3.8) is 0 Å². The van der Waals surface area contributed by atoms with Gasteiger partial charge in [0.15, 0.2) is 11.6 Å². The zero-order valence-electron chi connectivity index (χ0n) is 18.3. The van der Waals surface area contributed by atoms with Crippen molar-refractivity contribution in [2.45, 2.75) is 0 Å². The lowest BCUT2D eigenvalue weighted by molar-refractivity contribution is -0.114. The first kappa shape index (κ1) is 21.0. The van der Waals surface area contributed by atoms with Crippen molar-refractivity contribution in [2.24, 2.45) is 7.05 Å². The van der Waals surface area contributed by atoms with E-state index in [0.717, 1.165) is 16.8 Å². The van der Waals surface area contributed by atoms with E-state index in [1.807, 2.05) is 43.6 Å². The summed E-state index contributed by atoms with van der Waals surface area (Å²) in [7, 11) is 6.85. The van der Waals surface area contributed by atoms with Gasteiger partial charge in [0.25, 0.3) is 5.91 Å². The summed E-state index contributed by atoms with van der Waals surface area (Å²) in [6, 6.07) is 11.6. The number of aryl methyl sites for hydroxylation is 1. The van der Waals surface area contributed by atoms with Crippen LogP contribution in [0.5, 0.6) is 5.75 Å². The molecule has 0 aliphatic carbocycles.